The lowest BCUT2D eigenvalue weighted by Gasteiger charge is -2.35. The van der Waals surface area contributed by atoms with E-state index < -0.39 is 5.76 Å². The molecule has 2 aliphatic rings. The Morgan fingerprint density at radius 1 is 1.26 bits per heavy atom. The van der Waals surface area contributed by atoms with Crippen LogP contribution in [0.5, 0.6) is 0 Å². The third kappa shape index (κ3) is 3.06. The molecule has 0 aliphatic heterocycles. The standard InChI is InChI=1S/C17H19N3O3/c21-16(14-9-13(14)11-4-2-1-3-5-11)18-12-6-10(7-12)8-15-19-17(22)23-20-15/h1-5,10,12-14H,6-9H2,(H,18,21)(H,19,20,22)/t10?,12?,13-,14+/m0/s1. The number of benzene rings is 1. The number of carbonyl (C=O) groups excluding carboxylic acids is 1. The van der Waals surface area contributed by atoms with Gasteiger partial charge in [-0.1, -0.05) is 35.5 Å². The van der Waals surface area contributed by atoms with Crippen molar-refractivity contribution in [2.24, 2.45) is 11.8 Å². The second kappa shape index (κ2) is 5.68. The Morgan fingerprint density at radius 3 is 2.74 bits per heavy atom. The van der Waals surface area contributed by atoms with Crippen LogP contribution in [0.4, 0.5) is 0 Å². The number of carbonyl (C=O) groups is 1. The van der Waals surface area contributed by atoms with E-state index in [4.69, 9.17) is 0 Å². The van der Waals surface area contributed by atoms with Crippen LogP contribution < -0.4 is 11.1 Å². The molecule has 2 fully saturated rings. The van der Waals surface area contributed by atoms with Crippen LogP contribution in [0.1, 0.15) is 36.6 Å². The van der Waals surface area contributed by atoms with Crippen molar-refractivity contribution in [2.75, 3.05) is 0 Å². The van der Waals surface area contributed by atoms with Gasteiger partial charge in [0.15, 0.2) is 5.82 Å². The van der Waals surface area contributed by atoms with E-state index in [1.807, 2.05) is 18.2 Å². The van der Waals surface area contributed by atoms with Crippen LogP contribution in [-0.2, 0) is 11.2 Å². The van der Waals surface area contributed by atoms with Gasteiger partial charge in [0.25, 0.3) is 0 Å². The molecule has 2 aromatic rings. The third-order valence-electron chi connectivity index (χ3n) is 4.90. The summed E-state index contributed by atoms with van der Waals surface area (Å²) in [4.78, 5) is 25.7. The summed E-state index contributed by atoms with van der Waals surface area (Å²) >= 11 is 0. The first-order chi connectivity index (χ1) is 11.2. The van der Waals surface area contributed by atoms with Gasteiger partial charge in [0, 0.05) is 18.4 Å². The number of rotatable bonds is 5. The Labute approximate surface area is 133 Å². The van der Waals surface area contributed by atoms with Gasteiger partial charge < -0.3 is 5.32 Å². The van der Waals surface area contributed by atoms with Gasteiger partial charge in [0.05, 0.1) is 0 Å². The smallest absolute Gasteiger partial charge is 0.353 e. The predicted molar refractivity (Wildman–Crippen MR) is 82.8 cm³/mol. The molecule has 6 nitrogen and oxygen atoms in total. The Morgan fingerprint density at radius 2 is 2.04 bits per heavy atom. The summed E-state index contributed by atoms with van der Waals surface area (Å²) in [5.74, 6) is 1.22. The predicted octanol–water partition coefficient (Wildman–Crippen LogP) is 1.60. The van der Waals surface area contributed by atoms with Crippen molar-refractivity contribution in [1.82, 2.24) is 15.5 Å². The maximum Gasteiger partial charge on any atom is 0.438 e. The van der Waals surface area contributed by atoms with Crippen LogP contribution in [0.15, 0.2) is 39.6 Å². The molecule has 0 unspecified atom stereocenters. The Bertz CT molecular complexity index is 746. The van der Waals surface area contributed by atoms with Gasteiger partial charge in [-0.2, -0.15) is 0 Å². The summed E-state index contributed by atoms with van der Waals surface area (Å²) in [5.41, 5.74) is 1.26. The number of H-pyrrole nitrogens is 1. The highest BCUT2D eigenvalue weighted by molar-refractivity contribution is 5.83. The lowest BCUT2D eigenvalue weighted by Crippen LogP contribution is -2.45. The number of hydrogen-bond acceptors (Lipinski definition) is 4. The van der Waals surface area contributed by atoms with Crippen LogP contribution in [-0.4, -0.2) is 22.1 Å². The molecular weight excluding hydrogens is 294 g/mol. The number of aromatic nitrogens is 2. The molecule has 1 amide bonds. The second-order valence-corrected chi connectivity index (χ2v) is 6.65. The van der Waals surface area contributed by atoms with E-state index in [0.29, 0.717) is 24.1 Å². The number of hydrogen-bond donors (Lipinski definition) is 2. The van der Waals surface area contributed by atoms with Crippen molar-refractivity contribution in [3.05, 3.63) is 52.3 Å². The maximum atomic E-state index is 12.3. The van der Waals surface area contributed by atoms with Crippen molar-refractivity contribution in [1.29, 1.82) is 0 Å². The molecule has 1 aromatic heterocycles. The minimum atomic E-state index is -0.509. The average Bonchev–Trinajstić information content (AvgIpc) is 3.23. The number of nitrogens with zero attached hydrogens (tertiary/aromatic N) is 1. The zero-order valence-electron chi connectivity index (χ0n) is 12.7. The van der Waals surface area contributed by atoms with Crippen molar-refractivity contribution in [3.63, 3.8) is 0 Å². The molecule has 0 saturated heterocycles. The molecule has 0 bridgehead atoms. The van der Waals surface area contributed by atoms with Gasteiger partial charge in [-0.25, -0.2) is 4.79 Å². The number of aromatic amines is 1. The molecule has 4 rings (SSSR count). The highest BCUT2D eigenvalue weighted by Gasteiger charge is 2.45. The largest absolute Gasteiger partial charge is 0.438 e. The van der Waals surface area contributed by atoms with Crippen LogP contribution in [0.25, 0.3) is 0 Å². The summed E-state index contributed by atoms with van der Waals surface area (Å²) in [6.07, 6.45) is 3.52. The van der Waals surface area contributed by atoms with Gasteiger partial charge in [-0.05, 0) is 36.7 Å². The zero-order chi connectivity index (χ0) is 15.8. The molecule has 2 atom stereocenters. The molecule has 0 spiro atoms. The van der Waals surface area contributed by atoms with E-state index in [9.17, 15) is 9.59 Å². The summed E-state index contributed by atoms with van der Waals surface area (Å²) in [7, 11) is 0. The van der Waals surface area contributed by atoms with E-state index in [1.165, 1.54) is 5.56 Å². The highest BCUT2D eigenvalue weighted by atomic mass is 16.5. The quantitative estimate of drug-likeness (QED) is 0.877. The normalized spacial score (nSPS) is 28.9. The molecular formula is C17H19N3O3. The van der Waals surface area contributed by atoms with Gasteiger partial charge in [-0.3, -0.25) is 14.3 Å². The number of nitrogens with one attached hydrogen (secondary N) is 2. The van der Waals surface area contributed by atoms with E-state index in [0.717, 1.165) is 19.3 Å². The molecule has 120 valence electrons. The van der Waals surface area contributed by atoms with Crippen molar-refractivity contribution < 1.29 is 9.32 Å². The fraction of sp³-hybridized carbons (Fsp3) is 0.471. The van der Waals surface area contributed by atoms with Gasteiger partial charge >= 0.3 is 5.76 Å². The molecule has 0 radical (unpaired) electrons. The fourth-order valence-corrected chi connectivity index (χ4v) is 3.50. The molecule has 2 aliphatic carbocycles. The van der Waals surface area contributed by atoms with Crippen molar-refractivity contribution in [2.45, 2.75) is 37.6 Å². The van der Waals surface area contributed by atoms with E-state index >= 15 is 0 Å². The van der Waals surface area contributed by atoms with E-state index in [2.05, 4.69) is 32.1 Å². The van der Waals surface area contributed by atoms with Crippen LogP contribution >= 0.6 is 0 Å². The molecule has 2 saturated carbocycles. The Balaban J connectivity index is 1.22. The molecule has 6 heteroatoms. The van der Waals surface area contributed by atoms with Crippen molar-refractivity contribution >= 4 is 5.91 Å². The summed E-state index contributed by atoms with van der Waals surface area (Å²) in [6.45, 7) is 0. The molecule has 1 heterocycles. The van der Waals surface area contributed by atoms with Crippen LogP contribution in [0, 0.1) is 11.8 Å². The first kappa shape index (κ1) is 14.2. The molecule has 2 N–H and O–H groups in total. The summed E-state index contributed by atoms with van der Waals surface area (Å²) in [6, 6.07) is 10.5. The van der Waals surface area contributed by atoms with Crippen LogP contribution in [0.2, 0.25) is 0 Å². The minimum absolute atomic E-state index is 0.128. The van der Waals surface area contributed by atoms with Crippen LogP contribution in [0.3, 0.4) is 0 Å². The minimum Gasteiger partial charge on any atom is -0.353 e. The Kier molecular flexibility index (Phi) is 3.52. The first-order valence-corrected chi connectivity index (χ1v) is 8.09. The fourth-order valence-electron chi connectivity index (χ4n) is 3.50. The molecule has 23 heavy (non-hydrogen) atoms. The zero-order valence-corrected chi connectivity index (χ0v) is 12.7. The molecule has 1 aromatic carbocycles. The third-order valence-corrected chi connectivity index (χ3v) is 4.90. The Hall–Kier alpha value is -2.37. The maximum absolute atomic E-state index is 12.3. The van der Waals surface area contributed by atoms with Gasteiger partial charge in [0.1, 0.15) is 0 Å². The van der Waals surface area contributed by atoms with E-state index in [-0.39, 0.29) is 17.9 Å². The van der Waals surface area contributed by atoms with Gasteiger partial charge in [0.2, 0.25) is 5.91 Å². The lowest BCUT2D eigenvalue weighted by atomic mass is 9.78. The summed E-state index contributed by atoms with van der Waals surface area (Å²) in [5, 5.41) is 6.82. The monoisotopic (exact) mass is 313 g/mol. The van der Waals surface area contributed by atoms with Gasteiger partial charge in [-0.15, -0.1) is 0 Å². The summed E-state index contributed by atoms with van der Waals surface area (Å²) < 4.78 is 4.49. The average molecular weight is 313 g/mol. The highest BCUT2D eigenvalue weighted by Crippen LogP contribution is 2.47. The first-order valence-electron chi connectivity index (χ1n) is 8.09. The SMILES string of the molecule is O=C(NC1CC(Cc2noc(=O)[nH]2)C1)[C@@H]1C[C@H]1c1ccccc1. The van der Waals surface area contributed by atoms with E-state index in [1.54, 1.807) is 0 Å². The topological polar surface area (TPSA) is 88.0 Å². The number of amides is 1. The van der Waals surface area contributed by atoms with Crippen molar-refractivity contribution in [3.8, 4) is 0 Å². The lowest BCUT2D eigenvalue weighted by molar-refractivity contribution is -0.124. The second-order valence-electron chi connectivity index (χ2n) is 6.65.